The Bertz CT molecular complexity index is 321. The normalized spacial score (nSPS) is 12.4. The van der Waals surface area contributed by atoms with Crippen LogP contribution >= 0.6 is 0 Å². The van der Waals surface area contributed by atoms with Crippen molar-refractivity contribution < 1.29 is 14.6 Å². The van der Waals surface area contributed by atoms with Crippen LogP contribution in [0.3, 0.4) is 0 Å². The summed E-state index contributed by atoms with van der Waals surface area (Å²) >= 11 is 0. The van der Waals surface area contributed by atoms with Crippen molar-refractivity contribution in [1.29, 1.82) is 0 Å². The molecule has 0 heterocycles. The Kier molecular flexibility index (Phi) is 6.51. The number of carbonyl (C=O) groups is 1. The number of Topliss-reactive ketones (excluding diaryl/α,β-unsaturated/α-hetero) is 1. The van der Waals surface area contributed by atoms with Crippen molar-refractivity contribution in [3.63, 3.8) is 0 Å². The lowest BCUT2D eigenvalue weighted by Crippen LogP contribution is -2.16. The minimum absolute atomic E-state index is 0.187. The third-order valence-corrected chi connectivity index (χ3v) is 2.57. The summed E-state index contributed by atoms with van der Waals surface area (Å²) in [6.45, 7) is 2.62. The van der Waals surface area contributed by atoms with Crippen molar-refractivity contribution in [2.24, 2.45) is 0 Å². The van der Waals surface area contributed by atoms with Gasteiger partial charge in [0.15, 0.2) is 0 Å². The predicted molar refractivity (Wildman–Crippen MR) is 66.6 cm³/mol. The summed E-state index contributed by atoms with van der Waals surface area (Å²) in [6, 6.07) is 9.82. The van der Waals surface area contributed by atoms with Crippen LogP contribution in [-0.2, 0) is 16.1 Å². The second-order valence-corrected chi connectivity index (χ2v) is 4.09. The Hall–Kier alpha value is -1.19. The maximum atomic E-state index is 11.1. The number of aliphatic hydroxyl groups is 1. The SMILES string of the molecule is CCC(=O)CCC(O)COCc1ccccc1. The molecule has 0 saturated carbocycles. The molecule has 0 spiro atoms. The average molecular weight is 236 g/mol. The lowest BCUT2D eigenvalue weighted by atomic mass is 10.1. The Balaban J connectivity index is 2.12. The van der Waals surface area contributed by atoms with Gasteiger partial charge in [0.1, 0.15) is 5.78 Å². The first-order valence-electron chi connectivity index (χ1n) is 6.03. The maximum absolute atomic E-state index is 11.1. The van der Waals surface area contributed by atoms with E-state index in [1.807, 2.05) is 37.3 Å². The molecule has 3 nitrogen and oxygen atoms in total. The summed E-state index contributed by atoms with van der Waals surface area (Å²) < 4.78 is 5.39. The third-order valence-electron chi connectivity index (χ3n) is 2.57. The molecule has 1 unspecified atom stereocenters. The zero-order valence-electron chi connectivity index (χ0n) is 10.3. The first-order valence-corrected chi connectivity index (χ1v) is 6.03. The Morgan fingerprint density at radius 3 is 2.71 bits per heavy atom. The monoisotopic (exact) mass is 236 g/mol. The summed E-state index contributed by atoms with van der Waals surface area (Å²) in [6.07, 6.45) is 0.917. The van der Waals surface area contributed by atoms with Gasteiger partial charge in [-0.1, -0.05) is 37.3 Å². The number of aliphatic hydroxyl groups excluding tert-OH is 1. The molecule has 1 rings (SSSR count). The molecule has 1 atom stereocenters. The topological polar surface area (TPSA) is 46.5 Å². The lowest BCUT2D eigenvalue weighted by molar-refractivity contribution is -0.119. The largest absolute Gasteiger partial charge is 0.391 e. The molecule has 0 amide bonds. The number of ether oxygens (including phenoxy) is 1. The van der Waals surface area contributed by atoms with Gasteiger partial charge in [-0.3, -0.25) is 4.79 Å². The molecule has 0 aliphatic heterocycles. The number of hydrogen-bond acceptors (Lipinski definition) is 3. The van der Waals surface area contributed by atoms with Crippen molar-refractivity contribution in [1.82, 2.24) is 0 Å². The summed E-state index contributed by atoms with van der Waals surface area (Å²) in [5.74, 6) is 0.187. The molecule has 3 heteroatoms. The fraction of sp³-hybridized carbons (Fsp3) is 0.500. The van der Waals surface area contributed by atoms with Crippen LogP contribution in [0.5, 0.6) is 0 Å². The smallest absolute Gasteiger partial charge is 0.132 e. The molecule has 1 N–H and O–H groups in total. The van der Waals surface area contributed by atoms with Crippen LogP contribution in [0.25, 0.3) is 0 Å². The van der Waals surface area contributed by atoms with Crippen molar-refractivity contribution >= 4 is 5.78 Å². The first kappa shape index (κ1) is 13.9. The fourth-order valence-corrected chi connectivity index (χ4v) is 1.47. The number of ketones is 1. The minimum atomic E-state index is -0.547. The van der Waals surface area contributed by atoms with E-state index in [1.165, 1.54) is 0 Å². The van der Waals surface area contributed by atoms with E-state index in [0.29, 0.717) is 25.9 Å². The van der Waals surface area contributed by atoms with Crippen LogP contribution < -0.4 is 0 Å². The van der Waals surface area contributed by atoms with E-state index in [2.05, 4.69) is 0 Å². The van der Waals surface area contributed by atoms with Crippen LogP contribution in [0.1, 0.15) is 31.7 Å². The molecule has 94 valence electrons. The van der Waals surface area contributed by atoms with Gasteiger partial charge in [0.2, 0.25) is 0 Å². The van der Waals surface area contributed by atoms with Crippen LogP contribution in [-0.4, -0.2) is 23.6 Å². The second-order valence-electron chi connectivity index (χ2n) is 4.09. The summed E-state index contributed by atoms with van der Waals surface area (Å²) in [5, 5.41) is 9.59. The molecular formula is C14H20O3. The Morgan fingerprint density at radius 2 is 2.06 bits per heavy atom. The van der Waals surface area contributed by atoms with Crippen LogP contribution in [0.4, 0.5) is 0 Å². The highest BCUT2D eigenvalue weighted by atomic mass is 16.5. The van der Waals surface area contributed by atoms with Crippen molar-refractivity contribution in [3.05, 3.63) is 35.9 Å². The van der Waals surface area contributed by atoms with Gasteiger partial charge in [0.25, 0.3) is 0 Å². The van der Waals surface area contributed by atoms with E-state index < -0.39 is 6.10 Å². The molecule has 0 bridgehead atoms. The van der Waals surface area contributed by atoms with Gasteiger partial charge < -0.3 is 9.84 Å². The van der Waals surface area contributed by atoms with Crippen molar-refractivity contribution in [3.8, 4) is 0 Å². The number of rotatable bonds is 8. The first-order chi connectivity index (χ1) is 8.22. The van der Waals surface area contributed by atoms with Gasteiger partial charge in [0.05, 0.1) is 19.3 Å². The molecule has 0 aliphatic carbocycles. The molecular weight excluding hydrogens is 216 g/mol. The number of carbonyl (C=O) groups excluding carboxylic acids is 1. The predicted octanol–water partition coefficient (Wildman–Crippen LogP) is 2.32. The Morgan fingerprint density at radius 1 is 1.35 bits per heavy atom. The van der Waals surface area contributed by atoms with E-state index in [0.717, 1.165) is 5.56 Å². The van der Waals surface area contributed by atoms with Crippen molar-refractivity contribution in [2.75, 3.05) is 6.61 Å². The summed E-state index contributed by atoms with van der Waals surface area (Å²) in [5.41, 5.74) is 1.09. The third kappa shape index (κ3) is 6.19. The minimum Gasteiger partial charge on any atom is -0.391 e. The molecule has 1 aromatic carbocycles. The van der Waals surface area contributed by atoms with E-state index >= 15 is 0 Å². The van der Waals surface area contributed by atoms with Crippen molar-refractivity contribution in [2.45, 2.75) is 38.9 Å². The van der Waals surface area contributed by atoms with E-state index in [9.17, 15) is 9.90 Å². The molecule has 1 aromatic rings. The van der Waals surface area contributed by atoms with Crippen LogP contribution in [0.15, 0.2) is 30.3 Å². The molecule has 0 aromatic heterocycles. The lowest BCUT2D eigenvalue weighted by Gasteiger charge is -2.10. The van der Waals surface area contributed by atoms with E-state index in [-0.39, 0.29) is 12.4 Å². The highest BCUT2D eigenvalue weighted by Gasteiger charge is 2.07. The van der Waals surface area contributed by atoms with E-state index in [4.69, 9.17) is 4.74 Å². The standard InChI is InChI=1S/C14H20O3/c1-2-13(15)8-9-14(16)11-17-10-12-6-4-3-5-7-12/h3-7,14,16H,2,8-11H2,1H3. The van der Waals surface area contributed by atoms with Gasteiger partial charge in [-0.25, -0.2) is 0 Å². The zero-order chi connectivity index (χ0) is 12.5. The Labute approximate surface area is 102 Å². The molecule has 0 aliphatic rings. The second kappa shape index (κ2) is 7.98. The summed E-state index contributed by atoms with van der Waals surface area (Å²) in [7, 11) is 0. The van der Waals surface area contributed by atoms with Gasteiger partial charge in [0, 0.05) is 12.8 Å². The van der Waals surface area contributed by atoms with Crippen LogP contribution in [0, 0.1) is 0 Å². The molecule has 0 radical (unpaired) electrons. The molecule has 17 heavy (non-hydrogen) atoms. The zero-order valence-corrected chi connectivity index (χ0v) is 10.3. The number of hydrogen-bond donors (Lipinski definition) is 1. The van der Waals surface area contributed by atoms with Gasteiger partial charge >= 0.3 is 0 Å². The van der Waals surface area contributed by atoms with Gasteiger partial charge in [-0.15, -0.1) is 0 Å². The highest BCUT2D eigenvalue weighted by molar-refractivity contribution is 5.77. The summed E-state index contributed by atoms with van der Waals surface area (Å²) in [4.78, 5) is 11.1. The quantitative estimate of drug-likeness (QED) is 0.753. The van der Waals surface area contributed by atoms with Gasteiger partial charge in [-0.2, -0.15) is 0 Å². The maximum Gasteiger partial charge on any atom is 0.132 e. The molecule has 0 saturated heterocycles. The van der Waals surface area contributed by atoms with Crippen LogP contribution in [0.2, 0.25) is 0 Å². The fourth-order valence-electron chi connectivity index (χ4n) is 1.47. The molecule has 0 fully saturated rings. The van der Waals surface area contributed by atoms with E-state index in [1.54, 1.807) is 0 Å². The number of benzene rings is 1. The van der Waals surface area contributed by atoms with Gasteiger partial charge in [-0.05, 0) is 12.0 Å². The highest BCUT2D eigenvalue weighted by Crippen LogP contribution is 2.04. The average Bonchev–Trinajstić information content (AvgIpc) is 2.37.